The Labute approximate surface area is 122 Å². The lowest BCUT2D eigenvalue weighted by Crippen LogP contribution is -2.50. The summed E-state index contributed by atoms with van der Waals surface area (Å²) in [4.78, 5) is 2.40. The molecule has 1 atom stereocenters. The number of thioether (sulfide) groups is 1. The first-order valence-electron chi connectivity index (χ1n) is 7.77. The van der Waals surface area contributed by atoms with Crippen LogP contribution in [0.15, 0.2) is 0 Å². The van der Waals surface area contributed by atoms with Crippen LogP contribution in [0.1, 0.15) is 39.5 Å². The molecule has 0 radical (unpaired) electrons. The zero-order chi connectivity index (χ0) is 13.7. The van der Waals surface area contributed by atoms with E-state index in [1.54, 1.807) is 0 Å². The van der Waals surface area contributed by atoms with Crippen molar-refractivity contribution in [3.05, 3.63) is 0 Å². The zero-order valence-corrected chi connectivity index (χ0v) is 13.6. The Balaban J connectivity index is 1.72. The molecule has 2 heterocycles. The number of ether oxygens (including phenoxy) is 1. The van der Waals surface area contributed by atoms with E-state index in [9.17, 15) is 0 Å². The summed E-state index contributed by atoms with van der Waals surface area (Å²) in [5, 5.41) is 3.75. The Bertz CT molecular complexity index is 261. The topological polar surface area (TPSA) is 24.5 Å². The Morgan fingerprint density at radius 3 is 2.79 bits per heavy atom. The summed E-state index contributed by atoms with van der Waals surface area (Å²) in [6.07, 6.45) is 4.91. The highest BCUT2D eigenvalue weighted by Gasteiger charge is 2.38. The van der Waals surface area contributed by atoms with Crippen molar-refractivity contribution >= 4 is 11.8 Å². The second-order valence-corrected chi connectivity index (χ2v) is 7.59. The standard InChI is InChI=1S/C15H30N2OS/c1-13(2)17(3)8-7-16-14-4-9-18-15(12-14)5-10-19-11-6-15/h13-14,16H,4-12H2,1-3H3. The van der Waals surface area contributed by atoms with E-state index < -0.39 is 0 Å². The average Bonchev–Trinajstić information content (AvgIpc) is 2.39. The number of nitrogens with one attached hydrogen (secondary N) is 1. The summed E-state index contributed by atoms with van der Waals surface area (Å²) < 4.78 is 6.14. The maximum absolute atomic E-state index is 6.14. The minimum absolute atomic E-state index is 0.213. The molecule has 1 N–H and O–H groups in total. The van der Waals surface area contributed by atoms with Gasteiger partial charge >= 0.3 is 0 Å². The molecule has 3 nitrogen and oxygen atoms in total. The van der Waals surface area contributed by atoms with Crippen LogP contribution in [0.3, 0.4) is 0 Å². The van der Waals surface area contributed by atoms with E-state index in [2.05, 4.69) is 42.9 Å². The molecule has 0 aromatic rings. The average molecular weight is 286 g/mol. The van der Waals surface area contributed by atoms with Crippen LogP contribution < -0.4 is 5.32 Å². The van der Waals surface area contributed by atoms with Gasteiger partial charge in [-0.1, -0.05) is 0 Å². The first kappa shape index (κ1) is 15.6. The molecule has 0 aromatic heterocycles. The zero-order valence-electron chi connectivity index (χ0n) is 12.8. The second-order valence-electron chi connectivity index (χ2n) is 6.36. The van der Waals surface area contributed by atoms with Gasteiger partial charge in [0.1, 0.15) is 0 Å². The van der Waals surface area contributed by atoms with Gasteiger partial charge < -0.3 is 15.0 Å². The molecule has 1 unspecified atom stereocenters. The van der Waals surface area contributed by atoms with Crippen LogP contribution in [-0.2, 0) is 4.74 Å². The molecule has 2 aliphatic rings. The molecule has 1 spiro atoms. The van der Waals surface area contributed by atoms with E-state index in [4.69, 9.17) is 4.74 Å². The first-order valence-corrected chi connectivity index (χ1v) is 8.92. The van der Waals surface area contributed by atoms with E-state index in [-0.39, 0.29) is 5.60 Å². The molecule has 0 aliphatic carbocycles. The van der Waals surface area contributed by atoms with Crippen LogP contribution in [0, 0.1) is 0 Å². The summed E-state index contributed by atoms with van der Waals surface area (Å²) in [6, 6.07) is 1.30. The molecule has 0 saturated carbocycles. The van der Waals surface area contributed by atoms with Crippen molar-refractivity contribution in [2.24, 2.45) is 0 Å². The minimum Gasteiger partial charge on any atom is -0.375 e. The molecule has 2 rings (SSSR count). The van der Waals surface area contributed by atoms with Crippen molar-refractivity contribution in [3.8, 4) is 0 Å². The van der Waals surface area contributed by atoms with Gasteiger partial charge in [0.2, 0.25) is 0 Å². The van der Waals surface area contributed by atoms with Gasteiger partial charge in [0.25, 0.3) is 0 Å². The summed E-state index contributed by atoms with van der Waals surface area (Å²) in [6.45, 7) is 7.69. The van der Waals surface area contributed by atoms with Crippen molar-refractivity contribution in [2.45, 2.75) is 57.2 Å². The van der Waals surface area contributed by atoms with E-state index in [1.165, 1.54) is 37.2 Å². The fourth-order valence-electron chi connectivity index (χ4n) is 3.00. The van der Waals surface area contributed by atoms with Gasteiger partial charge in [-0.05, 0) is 58.1 Å². The van der Waals surface area contributed by atoms with Gasteiger partial charge in [-0.25, -0.2) is 0 Å². The molecule has 112 valence electrons. The van der Waals surface area contributed by atoms with Gasteiger partial charge in [0.05, 0.1) is 5.60 Å². The van der Waals surface area contributed by atoms with Crippen molar-refractivity contribution in [1.29, 1.82) is 0 Å². The summed E-state index contributed by atoms with van der Waals surface area (Å²) in [5.74, 6) is 2.56. The van der Waals surface area contributed by atoms with E-state index in [1.807, 2.05) is 0 Å². The number of rotatable bonds is 5. The SMILES string of the molecule is CC(C)N(C)CCNC1CCOC2(CCSCC2)C1. The highest BCUT2D eigenvalue weighted by molar-refractivity contribution is 7.99. The van der Waals surface area contributed by atoms with Gasteiger partial charge in [0.15, 0.2) is 0 Å². The molecular formula is C15H30N2OS. The Hall–Kier alpha value is 0.230. The van der Waals surface area contributed by atoms with Crippen molar-refractivity contribution < 1.29 is 4.74 Å². The lowest BCUT2D eigenvalue weighted by atomic mass is 9.85. The summed E-state index contributed by atoms with van der Waals surface area (Å²) in [7, 11) is 2.20. The van der Waals surface area contributed by atoms with Gasteiger partial charge in [-0.15, -0.1) is 0 Å². The maximum Gasteiger partial charge on any atom is 0.0713 e. The molecular weight excluding hydrogens is 256 g/mol. The summed E-state index contributed by atoms with van der Waals surface area (Å²) >= 11 is 2.08. The smallest absolute Gasteiger partial charge is 0.0713 e. The van der Waals surface area contributed by atoms with Crippen LogP contribution in [0.25, 0.3) is 0 Å². The van der Waals surface area contributed by atoms with E-state index >= 15 is 0 Å². The van der Waals surface area contributed by atoms with Crippen LogP contribution in [0.5, 0.6) is 0 Å². The highest BCUT2D eigenvalue weighted by Crippen LogP contribution is 2.37. The lowest BCUT2D eigenvalue weighted by Gasteiger charge is -2.43. The third-order valence-corrected chi connectivity index (χ3v) is 5.66. The molecule has 2 aliphatic heterocycles. The second kappa shape index (κ2) is 7.30. The molecule has 19 heavy (non-hydrogen) atoms. The Morgan fingerprint density at radius 2 is 2.11 bits per heavy atom. The van der Waals surface area contributed by atoms with E-state index in [0.717, 1.165) is 19.7 Å². The van der Waals surface area contributed by atoms with Crippen LogP contribution in [0.4, 0.5) is 0 Å². The van der Waals surface area contributed by atoms with Gasteiger partial charge in [0, 0.05) is 31.8 Å². The third kappa shape index (κ3) is 4.62. The van der Waals surface area contributed by atoms with Crippen molar-refractivity contribution in [3.63, 3.8) is 0 Å². The molecule has 0 amide bonds. The predicted molar refractivity (Wildman–Crippen MR) is 84.0 cm³/mol. The molecule has 2 fully saturated rings. The predicted octanol–water partition coefficient (Wildman–Crippen LogP) is 2.36. The highest BCUT2D eigenvalue weighted by atomic mass is 32.2. The lowest BCUT2D eigenvalue weighted by molar-refractivity contribution is -0.0931. The number of likely N-dealkylation sites (N-methyl/N-ethyl adjacent to an activating group) is 1. The summed E-state index contributed by atoms with van der Waals surface area (Å²) in [5.41, 5.74) is 0.213. The molecule has 4 heteroatoms. The van der Waals surface area contributed by atoms with Crippen LogP contribution >= 0.6 is 11.8 Å². The number of nitrogens with zero attached hydrogens (tertiary/aromatic N) is 1. The minimum atomic E-state index is 0.213. The normalized spacial score (nSPS) is 27.3. The number of hydrogen-bond donors (Lipinski definition) is 1. The van der Waals surface area contributed by atoms with E-state index in [0.29, 0.717) is 12.1 Å². The maximum atomic E-state index is 6.14. The first-order chi connectivity index (χ1) is 9.11. The van der Waals surface area contributed by atoms with Crippen molar-refractivity contribution in [2.75, 3.05) is 38.2 Å². The Morgan fingerprint density at radius 1 is 1.37 bits per heavy atom. The van der Waals surface area contributed by atoms with Gasteiger partial charge in [-0.2, -0.15) is 11.8 Å². The quantitative estimate of drug-likeness (QED) is 0.838. The van der Waals surface area contributed by atoms with Crippen molar-refractivity contribution in [1.82, 2.24) is 10.2 Å². The van der Waals surface area contributed by atoms with Crippen LogP contribution in [0.2, 0.25) is 0 Å². The largest absolute Gasteiger partial charge is 0.375 e. The van der Waals surface area contributed by atoms with Crippen LogP contribution in [-0.4, -0.2) is 60.8 Å². The van der Waals surface area contributed by atoms with Gasteiger partial charge in [-0.3, -0.25) is 0 Å². The molecule has 2 saturated heterocycles. The number of hydrogen-bond acceptors (Lipinski definition) is 4. The Kier molecular flexibility index (Phi) is 6.00. The third-order valence-electron chi connectivity index (χ3n) is 4.68. The monoisotopic (exact) mass is 286 g/mol. The molecule has 0 aromatic carbocycles. The molecule has 0 bridgehead atoms. The fourth-order valence-corrected chi connectivity index (χ4v) is 4.23. The fraction of sp³-hybridized carbons (Fsp3) is 1.00.